The fraction of sp³-hybridized carbons (Fsp3) is 0.292. The first-order valence-corrected chi connectivity index (χ1v) is 9.92. The topological polar surface area (TPSA) is 80.8 Å². The molecule has 1 N–H and O–H groups in total. The number of rotatable bonds is 6. The number of hydrogen-bond acceptors (Lipinski definition) is 5. The van der Waals surface area contributed by atoms with Gasteiger partial charge in [-0.2, -0.15) is 0 Å². The van der Waals surface area contributed by atoms with E-state index in [0.29, 0.717) is 30.0 Å². The van der Waals surface area contributed by atoms with Gasteiger partial charge in [-0.1, -0.05) is 26.0 Å². The summed E-state index contributed by atoms with van der Waals surface area (Å²) < 4.78 is 10.5. The molecule has 1 aliphatic carbocycles. The fourth-order valence-corrected chi connectivity index (χ4v) is 4.12. The van der Waals surface area contributed by atoms with Crippen molar-refractivity contribution in [1.82, 2.24) is 4.98 Å². The van der Waals surface area contributed by atoms with Crippen LogP contribution in [-0.2, 0) is 21.5 Å². The van der Waals surface area contributed by atoms with E-state index < -0.39 is 11.4 Å². The standard InChI is InChI=1S/C24H24N2O4/c1-5-29-20(27)13-30-15-7-9-16-18(11-15)24(2,3)23-21(22(16)28)17-8-6-14(12-25-4)10-19(17)26-23/h6-11,26H,4-5,12-13H2,1-3H3. The minimum atomic E-state index is -0.447. The maximum atomic E-state index is 13.4. The number of nitrogens with zero attached hydrogens (tertiary/aromatic N) is 1. The lowest BCUT2D eigenvalue weighted by Crippen LogP contribution is -2.30. The number of aromatic amines is 1. The van der Waals surface area contributed by atoms with Crippen LogP contribution in [0.1, 0.15) is 53.5 Å². The van der Waals surface area contributed by atoms with Gasteiger partial charge < -0.3 is 14.5 Å². The third-order valence-electron chi connectivity index (χ3n) is 5.58. The molecule has 0 fully saturated rings. The SMILES string of the molecule is C=NCc1ccc2c3c([nH]c2c1)C(C)(C)c1cc(OCC(=O)OCC)ccc1C3=O. The van der Waals surface area contributed by atoms with Gasteiger partial charge in [-0.05, 0) is 49.0 Å². The Labute approximate surface area is 174 Å². The van der Waals surface area contributed by atoms with Gasteiger partial charge in [0.15, 0.2) is 12.4 Å². The number of benzene rings is 2. The second kappa shape index (κ2) is 7.44. The van der Waals surface area contributed by atoms with Crippen LogP contribution in [0.4, 0.5) is 0 Å². The van der Waals surface area contributed by atoms with Crippen LogP contribution in [0.2, 0.25) is 0 Å². The molecule has 6 nitrogen and oxygen atoms in total. The van der Waals surface area contributed by atoms with Gasteiger partial charge in [0.1, 0.15) is 5.75 Å². The van der Waals surface area contributed by atoms with Crippen LogP contribution < -0.4 is 4.74 Å². The number of hydrogen-bond donors (Lipinski definition) is 1. The number of ether oxygens (including phenoxy) is 2. The van der Waals surface area contributed by atoms with E-state index in [0.717, 1.165) is 27.7 Å². The lowest BCUT2D eigenvalue weighted by Gasteiger charge is -2.32. The van der Waals surface area contributed by atoms with Gasteiger partial charge in [-0.25, -0.2) is 4.79 Å². The maximum Gasteiger partial charge on any atom is 0.344 e. The van der Waals surface area contributed by atoms with Crippen molar-refractivity contribution in [2.45, 2.75) is 32.7 Å². The van der Waals surface area contributed by atoms with Gasteiger partial charge in [-0.3, -0.25) is 9.79 Å². The number of aromatic nitrogens is 1. The van der Waals surface area contributed by atoms with Crippen molar-refractivity contribution in [3.05, 3.63) is 64.3 Å². The summed E-state index contributed by atoms with van der Waals surface area (Å²) in [6.07, 6.45) is 0. The van der Waals surface area contributed by atoms with Crippen molar-refractivity contribution in [1.29, 1.82) is 0 Å². The predicted octanol–water partition coefficient (Wildman–Crippen LogP) is 4.18. The summed E-state index contributed by atoms with van der Waals surface area (Å²) in [7, 11) is 0. The van der Waals surface area contributed by atoms with Gasteiger partial charge in [0.25, 0.3) is 0 Å². The second-order valence-electron chi connectivity index (χ2n) is 7.89. The molecule has 1 aromatic heterocycles. The summed E-state index contributed by atoms with van der Waals surface area (Å²) in [5.41, 5.74) is 4.59. The zero-order chi connectivity index (χ0) is 21.5. The molecule has 1 aliphatic rings. The van der Waals surface area contributed by atoms with Crippen LogP contribution in [0.3, 0.4) is 0 Å². The Morgan fingerprint density at radius 1 is 1.20 bits per heavy atom. The monoisotopic (exact) mass is 404 g/mol. The average Bonchev–Trinajstić information content (AvgIpc) is 3.11. The molecule has 30 heavy (non-hydrogen) atoms. The molecule has 0 radical (unpaired) electrons. The number of fused-ring (bicyclic) bond motifs is 4. The summed E-state index contributed by atoms with van der Waals surface area (Å²) in [6.45, 7) is 10.1. The molecule has 0 saturated heterocycles. The van der Waals surface area contributed by atoms with Crippen LogP contribution >= 0.6 is 0 Å². The largest absolute Gasteiger partial charge is 0.482 e. The first-order valence-electron chi connectivity index (χ1n) is 9.92. The molecule has 6 heteroatoms. The quantitative estimate of drug-likeness (QED) is 0.494. The van der Waals surface area contributed by atoms with Crippen LogP contribution in [0.5, 0.6) is 5.75 Å². The van der Waals surface area contributed by atoms with Gasteiger partial charge >= 0.3 is 5.97 Å². The summed E-state index contributed by atoms with van der Waals surface area (Å²) in [4.78, 5) is 32.4. The minimum Gasteiger partial charge on any atom is -0.482 e. The lowest BCUT2D eigenvalue weighted by molar-refractivity contribution is -0.145. The van der Waals surface area contributed by atoms with Crippen molar-refractivity contribution in [2.75, 3.05) is 13.2 Å². The summed E-state index contributed by atoms with van der Waals surface area (Å²) in [5.74, 6) is 0.0898. The first-order chi connectivity index (χ1) is 14.4. The van der Waals surface area contributed by atoms with Crippen LogP contribution in [-0.4, -0.2) is 36.7 Å². The number of ketones is 1. The predicted molar refractivity (Wildman–Crippen MR) is 116 cm³/mol. The molecule has 4 rings (SSSR count). The molecule has 0 aliphatic heterocycles. The van der Waals surface area contributed by atoms with Crippen molar-refractivity contribution < 1.29 is 19.1 Å². The van der Waals surface area contributed by atoms with Gasteiger partial charge in [0.2, 0.25) is 0 Å². The number of H-pyrrole nitrogens is 1. The first kappa shape index (κ1) is 19.9. The molecule has 1 heterocycles. The number of nitrogens with one attached hydrogen (secondary N) is 1. The second-order valence-corrected chi connectivity index (χ2v) is 7.89. The Kier molecular flexibility index (Phi) is 4.94. The zero-order valence-electron chi connectivity index (χ0n) is 17.4. The van der Waals surface area contributed by atoms with E-state index in [1.54, 1.807) is 19.1 Å². The van der Waals surface area contributed by atoms with E-state index >= 15 is 0 Å². The summed E-state index contributed by atoms with van der Waals surface area (Å²) in [5, 5.41) is 0.907. The molecule has 0 spiro atoms. The number of aliphatic imine (C=N–C) groups is 1. The van der Waals surface area contributed by atoms with E-state index in [9.17, 15) is 9.59 Å². The number of carbonyl (C=O) groups excluding carboxylic acids is 2. The Balaban J connectivity index is 1.76. The van der Waals surface area contributed by atoms with E-state index in [1.807, 2.05) is 24.3 Å². The number of carbonyl (C=O) groups is 2. The summed E-state index contributed by atoms with van der Waals surface area (Å²) in [6, 6.07) is 11.3. The van der Waals surface area contributed by atoms with Gasteiger partial charge in [0, 0.05) is 27.6 Å². The zero-order valence-corrected chi connectivity index (χ0v) is 17.4. The molecular formula is C24H24N2O4. The highest BCUT2D eigenvalue weighted by Crippen LogP contribution is 2.44. The Morgan fingerprint density at radius 2 is 2.00 bits per heavy atom. The highest BCUT2D eigenvalue weighted by molar-refractivity contribution is 6.20. The van der Waals surface area contributed by atoms with Crippen molar-refractivity contribution in [3.8, 4) is 5.75 Å². The minimum absolute atomic E-state index is 0.0166. The third-order valence-corrected chi connectivity index (χ3v) is 5.58. The lowest BCUT2D eigenvalue weighted by atomic mass is 9.71. The van der Waals surface area contributed by atoms with E-state index in [1.165, 1.54) is 0 Å². The smallest absolute Gasteiger partial charge is 0.344 e. The Morgan fingerprint density at radius 3 is 2.73 bits per heavy atom. The van der Waals surface area contributed by atoms with E-state index in [-0.39, 0.29) is 12.4 Å². The molecule has 0 bridgehead atoms. The van der Waals surface area contributed by atoms with E-state index in [2.05, 4.69) is 30.5 Å². The van der Waals surface area contributed by atoms with Crippen molar-refractivity contribution in [3.63, 3.8) is 0 Å². The fourth-order valence-electron chi connectivity index (χ4n) is 4.12. The van der Waals surface area contributed by atoms with Crippen LogP contribution in [0.15, 0.2) is 41.4 Å². The molecule has 2 aromatic carbocycles. The van der Waals surface area contributed by atoms with Crippen molar-refractivity contribution in [2.24, 2.45) is 4.99 Å². The molecule has 0 atom stereocenters. The molecule has 0 saturated carbocycles. The van der Waals surface area contributed by atoms with Crippen LogP contribution in [0.25, 0.3) is 10.9 Å². The maximum absolute atomic E-state index is 13.4. The molecule has 0 unspecified atom stereocenters. The number of esters is 1. The highest BCUT2D eigenvalue weighted by atomic mass is 16.6. The molecule has 154 valence electrons. The molecule has 3 aromatic rings. The third kappa shape index (κ3) is 3.18. The molecule has 0 amide bonds. The van der Waals surface area contributed by atoms with Crippen LogP contribution in [0, 0.1) is 0 Å². The summed E-state index contributed by atoms with van der Waals surface area (Å²) >= 11 is 0. The van der Waals surface area contributed by atoms with Gasteiger partial charge in [-0.15, -0.1) is 0 Å². The molecular weight excluding hydrogens is 380 g/mol. The Bertz CT molecular complexity index is 1170. The van der Waals surface area contributed by atoms with Crippen molar-refractivity contribution >= 4 is 29.4 Å². The highest BCUT2D eigenvalue weighted by Gasteiger charge is 2.39. The van der Waals surface area contributed by atoms with E-state index in [4.69, 9.17) is 9.47 Å². The average molecular weight is 404 g/mol. The Hall–Kier alpha value is -3.41. The normalized spacial score (nSPS) is 14.2. The van der Waals surface area contributed by atoms with Gasteiger partial charge in [0.05, 0.1) is 18.7 Å².